The molecule has 1 aromatic heterocycles. The molecule has 12 heteroatoms. The maximum absolute atomic E-state index is 12.3. The molecule has 2 atom stereocenters. The average molecular weight is 369 g/mol. The van der Waals surface area contributed by atoms with Crippen LogP contribution in [0.25, 0.3) is 0 Å². The molecule has 2 amide bonds. The Bertz CT molecular complexity index is 789. The zero-order valence-corrected chi connectivity index (χ0v) is 13.5. The Balaban J connectivity index is 1.78. The molecule has 0 aliphatic carbocycles. The van der Waals surface area contributed by atoms with Crippen molar-refractivity contribution >= 4 is 51.7 Å². The Hall–Kier alpha value is -2.60. The number of anilines is 1. The first kappa shape index (κ1) is 16.3. The van der Waals surface area contributed by atoms with E-state index in [1.54, 1.807) is 0 Å². The number of carbonyl (C=O) groups excluding carboxylic acids is 2. The fraction of sp³-hybridized carbons (Fsp3) is 0.250. The fourth-order valence-electron chi connectivity index (χ4n) is 2.27. The van der Waals surface area contributed by atoms with Gasteiger partial charge in [-0.05, 0) is 6.08 Å². The summed E-state index contributed by atoms with van der Waals surface area (Å²) in [6.45, 7) is 0. The number of carboxylic acids is 1. The monoisotopic (exact) mass is 369 g/mol. The van der Waals surface area contributed by atoms with Crippen molar-refractivity contribution in [1.82, 2.24) is 15.2 Å². The summed E-state index contributed by atoms with van der Waals surface area (Å²) in [6.07, 6.45) is 1.47. The number of nitrogens with one attached hydrogen (secondary N) is 1. The number of rotatable bonds is 4. The highest BCUT2D eigenvalue weighted by molar-refractivity contribution is 8.00. The molecule has 0 bridgehead atoms. The van der Waals surface area contributed by atoms with E-state index in [1.165, 1.54) is 28.1 Å². The number of hydrogen-bond acceptors (Lipinski definition) is 9. The first-order valence-electron chi connectivity index (χ1n) is 6.57. The molecule has 0 radical (unpaired) electrons. The Kier molecular flexibility index (Phi) is 4.15. The van der Waals surface area contributed by atoms with Gasteiger partial charge in [-0.15, -0.1) is 23.1 Å². The molecule has 10 nitrogen and oxygen atoms in total. The van der Waals surface area contributed by atoms with Gasteiger partial charge < -0.3 is 21.4 Å². The van der Waals surface area contributed by atoms with Gasteiger partial charge >= 0.3 is 5.97 Å². The number of nitrogen functional groups attached to an aromatic ring is 1. The average Bonchev–Trinajstić information content (AvgIpc) is 2.92. The second kappa shape index (κ2) is 6.13. The number of thioether (sulfide) groups is 1. The van der Waals surface area contributed by atoms with E-state index in [0.717, 1.165) is 11.3 Å². The van der Waals surface area contributed by atoms with E-state index < -0.39 is 17.3 Å². The molecule has 0 aromatic carbocycles. The summed E-state index contributed by atoms with van der Waals surface area (Å²) in [5.41, 5.74) is 5.08. The van der Waals surface area contributed by atoms with Crippen molar-refractivity contribution in [2.24, 2.45) is 5.16 Å². The van der Waals surface area contributed by atoms with Crippen molar-refractivity contribution in [3.63, 3.8) is 0 Å². The third kappa shape index (κ3) is 2.80. The summed E-state index contributed by atoms with van der Waals surface area (Å²) >= 11 is 2.30. The predicted molar refractivity (Wildman–Crippen MR) is 85.3 cm³/mol. The van der Waals surface area contributed by atoms with Crippen LogP contribution in [0.4, 0.5) is 5.13 Å². The number of nitrogens with two attached hydrogens (primary N) is 1. The van der Waals surface area contributed by atoms with Gasteiger partial charge in [0.25, 0.3) is 5.91 Å². The van der Waals surface area contributed by atoms with Crippen LogP contribution in [0.5, 0.6) is 0 Å². The summed E-state index contributed by atoms with van der Waals surface area (Å²) in [7, 11) is 0. The Morgan fingerprint density at radius 2 is 2.25 bits per heavy atom. The van der Waals surface area contributed by atoms with Crippen LogP contribution >= 0.6 is 23.1 Å². The lowest BCUT2D eigenvalue weighted by Crippen LogP contribution is -2.56. The number of thiazole rings is 1. The van der Waals surface area contributed by atoms with Crippen LogP contribution in [0.15, 0.2) is 22.3 Å². The van der Waals surface area contributed by atoms with Gasteiger partial charge in [0, 0.05) is 5.38 Å². The third-order valence-electron chi connectivity index (χ3n) is 3.35. The topological polar surface area (TPSA) is 158 Å². The largest absolute Gasteiger partial charge is 0.477 e. The van der Waals surface area contributed by atoms with Crippen molar-refractivity contribution in [3.8, 4) is 0 Å². The minimum atomic E-state index is -1.25. The van der Waals surface area contributed by atoms with Gasteiger partial charge in [0.05, 0.1) is 17.2 Å². The minimum Gasteiger partial charge on any atom is -0.477 e. The molecule has 1 fully saturated rings. The molecular weight excluding hydrogens is 358 g/mol. The lowest BCUT2D eigenvalue weighted by molar-refractivity contribution is -0.146. The van der Waals surface area contributed by atoms with E-state index in [4.69, 9.17) is 10.9 Å². The normalized spacial score (nSPS) is 23.2. The molecular formula is C12H11N5O5S2. The van der Waals surface area contributed by atoms with E-state index in [-0.39, 0.29) is 39.9 Å². The molecule has 1 unspecified atom stereocenters. The number of oxime groups is 1. The number of nitrogens with zero attached hydrogens (tertiary/aromatic N) is 3. The van der Waals surface area contributed by atoms with Gasteiger partial charge in [-0.1, -0.05) is 5.16 Å². The van der Waals surface area contributed by atoms with Crippen LogP contribution < -0.4 is 11.1 Å². The summed E-state index contributed by atoms with van der Waals surface area (Å²) in [4.78, 5) is 40.1. The smallest absolute Gasteiger partial charge is 0.352 e. The van der Waals surface area contributed by atoms with E-state index >= 15 is 0 Å². The third-order valence-corrected chi connectivity index (χ3v) is 5.26. The van der Waals surface area contributed by atoms with Crippen molar-refractivity contribution in [1.29, 1.82) is 0 Å². The van der Waals surface area contributed by atoms with Crippen molar-refractivity contribution < 1.29 is 24.7 Å². The van der Waals surface area contributed by atoms with Gasteiger partial charge in [-0.2, -0.15) is 0 Å². The van der Waals surface area contributed by atoms with Gasteiger partial charge in [-0.25, -0.2) is 9.78 Å². The van der Waals surface area contributed by atoms with Crippen LogP contribution in [0.2, 0.25) is 0 Å². The minimum absolute atomic E-state index is 0.112. The lowest BCUT2D eigenvalue weighted by atomic mass is 10.1. The molecule has 2 aliphatic rings. The molecule has 5 N–H and O–H groups in total. The van der Waals surface area contributed by atoms with E-state index in [0.29, 0.717) is 0 Å². The molecule has 24 heavy (non-hydrogen) atoms. The molecule has 0 spiro atoms. The second-order valence-corrected chi connectivity index (χ2v) is 7.04. The molecule has 1 saturated heterocycles. The van der Waals surface area contributed by atoms with Crippen LogP contribution in [0.3, 0.4) is 0 Å². The highest BCUT2D eigenvalue weighted by Gasteiger charge is 2.45. The first-order chi connectivity index (χ1) is 11.4. The van der Waals surface area contributed by atoms with E-state index in [1.807, 2.05) is 0 Å². The zero-order chi connectivity index (χ0) is 17.4. The number of aliphatic carboxylic acids is 1. The maximum atomic E-state index is 12.3. The Labute approximate surface area is 143 Å². The van der Waals surface area contributed by atoms with Crippen molar-refractivity contribution in [3.05, 3.63) is 22.8 Å². The number of fused-ring (bicyclic) bond motifs is 1. The Morgan fingerprint density at radius 3 is 2.79 bits per heavy atom. The van der Waals surface area contributed by atoms with E-state index in [9.17, 15) is 19.5 Å². The molecule has 3 heterocycles. The highest BCUT2D eigenvalue weighted by atomic mass is 32.2. The molecule has 126 valence electrons. The summed E-state index contributed by atoms with van der Waals surface area (Å²) in [5.74, 6) is -2.27. The highest BCUT2D eigenvalue weighted by Crippen LogP contribution is 2.39. The number of carboxylic acid groups (broad SMARTS) is 1. The lowest BCUT2D eigenvalue weighted by Gasteiger charge is -2.44. The van der Waals surface area contributed by atoms with Gasteiger partial charge in [0.15, 0.2) is 10.8 Å². The van der Waals surface area contributed by atoms with Gasteiger partial charge in [0.2, 0.25) is 5.91 Å². The fourth-order valence-corrected chi connectivity index (χ4v) is 4.14. The Morgan fingerprint density at radius 1 is 1.50 bits per heavy atom. The number of amides is 2. The summed E-state index contributed by atoms with van der Waals surface area (Å²) in [6, 6.07) is 0. The molecule has 1 aromatic rings. The van der Waals surface area contributed by atoms with Gasteiger partial charge in [-0.3, -0.25) is 14.5 Å². The number of aromatic nitrogens is 1. The number of carbonyl (C=O) groups is 3. The van der Waals surface area contributed by atoms with Crippen LogP contribution in [0.1, 0.15) is 12.1 Å². The second-order valence-electron chi connectivity index (χ2n) is 4.83. The standard InChI is InChI=1S/C12H11N5O5S2/c13-12-14-4(3-23-12)9(16-22)10(19)15-6-1-5(11(20)21)17-7(18)2-8(17)24-6/h1,3,6,8,22H,2H2,(H2,13,14)(H,15,19)(H,20,21)/t6?,8-/m1/s1. The van der Waals surface area contributed by atoms with E-state index in [2.05, 4.69) is 15.5 Å². The quantitative estimate of drug-likeness (QED) is 0.242. The van der Waals surface area contributed by atoms with Crippen LogP contribution in [0, 0.1) is 0 Å². The molecule has 0 saturated carbocycles. The van der Waals surface area contributed by atoms with Crippen molar-refractivity contribution in [2.75, 3.05) is 5.73 Å². The van der Waals surface area contributed by atoms with Crippen LogP contribution in [-0.4, -0.2) is 54.4 Å². The summed E-state index contributed by atoms with van der Waals surface area (Å²) < 4.78 is 0. The maximum Gasteiger partial charge on any atom is 0.352 e. The zero-order valence-electron chi connectivity index (χ0n) is 11.9. The van der Waals surface area contributed by atoms with Crippen LogP contribution in [-0.2, 0) is 14.4 Å². The van der Waals surface area contributed by atoms with Gasteiger partial charge in [0.1, 0.15) is 11.4 Å². The SMILES string of the molecule is Nc1nc(C(=NO)C(=O)NC2C=C(C(=O)O)N3C(=O)C[C@H]3S2)cs1. The summed E-state index contributed by atoms with van der Waals surface area (Å²) in [5, 5.41) is 24.4. The predicted octanol–water partition coefficient (Wildman–Crippen LogP) is -0.380. The first-order valence-corrected chi connectivity index (χ1v) is 8.40. The molecule has 2 aliphatic heterocycles. The molecule has 3 rings (SSSR count). The van der Waals surface area contributed by atoms with Crippen molar-refractivity contribution in [2.45, 2.75) is 17.2 Å². The number of β-lactam (4-membered cyclic amide) rings is 1. The number of hydrogen-bond donors (Lipinski definition) is 4.